The summed E-state index contributed by atoms with van der Waals surface area (Å²) in [6.45, 7) is 2.10. The van der Waals surface area contributed by atoms with Crippen LogP contribution in [0.3, 0.4) is 0 Å². The molecule has 2 N–H and O–H groups in total. The highest BCUT2D eigenvalue weighted by Gasteiger charge is 2.53. The second-order valence-electron chi connectivity index (χ2n) is 7.45. The summed E-state index contributed by atoms with van der Waals surface area (Å²) in [4.78, 5) is 37.2. The molecule has 1 heterocycles. The predicted molar refractivity (Wildman–Crippen MR) is 114 cm³/mol. The molecule has 0 spiro atoms. The summed E-state index contributed by atoms with van der Waals surface area (Å²) in [5.41, 5.74) is 0.410. The van der Waals surface area contributed by atoms with Gasteiger partial charge >= 0.3 is 17.9 Å². The predicted octanol–water partition coefficient (Wildman–Crippen LogP) is 2.42. The van der Waals surface area contributed by atoms with Gasteiger partial charge in [-0.05, 0) is 30.7 Å². The van der Waals surface area contributed by atoms with Gasteiger partial charge in [-0.3, -0.25) is 0 Å². The van der Waals surface area contributed by atoms with E-state index >= 15 is 0 Å². The molecule has 2 aromatic carbocycles. The van der Waals surface area contributed by atoms with Gasteiger partial charge in [-0.2, -0.15) is 0 Å². The van der Waals surface area contributed by atoms with Crippen molar-refractivity contribution in [2.75, 3.05) is 6.61 Å². The number of aliphatic carboxylic acids is 1. The molecule has 33 heavy (non-hydrogen) atoms. The average molecular weight is 458 g/mol. The van der Waals surface area contributed by atoms with E-state index in [0.717, 1.165) is 6.42 Å². The molecule has 0 aliphatic carbocycles. The zero-order valence-corrected chi connectivity index (χ0v) is 18.0. The van der Waals surface area contributed by atoms with Crippen LogP contribution >= 0.6 is 0 Å². The zero-order chi connectivity index (χ0) is 23.8. The van der Waals surface area contributed by atoms with Gasteiger partial charge in [-0.25, -0.2) is 14.4 Å². The molecule has 1 aliphatic heterocycles. The Kier molecular flexibility index (Phi) is 8.53. The van der Waals surface area contributed by atoms with Crippen LogP contribution in [0.1, 0.15) is 40.5 Å². The van der Waals surface area contributed by atoms with Gasteiger partial charge in [0, 0.05) is 6.61 Å². The lowest BCUT2D eigenvalue weighted by molar-refractivity contribution is -0.286. The molecule has 9 heteroatoms. The molecule has 5 unspecified atom stereocenters. The van der Waals surface area contributed by atoms with Gasteiger partial charge in [0.15, 0.2) is 24.6 Å². The van der Waals surface area contributed by atoms with Crippen LogP contribution in [0, 0.1) is 0 Å². The molecule has 3 rings (SSSR count). The molecular formula is C24H26O9. The van der Waals surface area contributed by atoms with Crippen LogP contribution in [0.5, 0.6) is 0 Å². The van der Waals surface area contributed by atoms with E-state index in [4.69, 9.17) is 18.9 Å². The minimum Gasteiger partial charge on any atom is -0.479 e. The normalized spacial score (nSPS) is 24.6. The van der Waals surface area contributed by atoms with Crippen LogP contribution in [-0.4, -0.2) is 65.4 Å². The molecule has 1 saturated heterocycles. The maximum absolute atomic E-state index is 12.7. The summed E-state index contributed by atoms with van der Waals surface area (Å²) in [6, 6.07) is 16.1. The van der Waals surface area contributed by atoms with Crippen molar-refractivity contribution >= 4 is 17.9 Å². The Balaban J connectivity index is 1.89. The first-order chi connectivity index (χ1) is 15.9. The first-order valence-electron chi connectivity index (χ1n) is 10.6. The van der Waals surface area contributed by atoms with Crippen molar-refractivity contribution in [3.63, 3.8) is 0 Å². The highest BCUT2D eigenvalue weighted by molar-refractivity contribution is 5.90. The Labute approximate surface area is 190 Å². The molecule has 1 aliphatic rings. The van der Waals surface area contributed by atoms with Gasteiger partial charge in [0.2, 0.25) is 0 Å². The molecule has 2 aromatic rings. The number of unbranched alkanes of at least 4 members (excludes halogenated alkanes) is 1. The van der Waals surface area contributed by atoms with Crippen molar-refractivity contribution < 1.29 is 43.5 Å². The lowest BCUT2D eigenvalue weighted by atomic mass is 9.97. The van der Waals surface area contributed by atoms with Gasteiger partial charge in [0.1, 0.15) is 6.10 Å². The number of ether oxygens (including phenoxy) is 4. The van der Waals surface area contributed by atoms with Crippen LogP contribution in [0.4, 0.5) is 0 Å². The van der Waals surface area contributed by atoms with Gasteiger partial charge in [0.25, 0.3) is 0 Å². The summed E-state index contributed by atoms with van der Waals surface area (Å²) in [7, 11) is 0. The number of aliphatic hydroxyl groups is 1. The Hall–Kier alpha value is -3.27. The molecule has 9 nitrogen and oxygen atoms in total. The first-order valence-corrected chi connectivity index (χ1v) is 10.6. The second kappa shape index (κ2) is 11.6. The van der Waals surface area contributed by atoms with Crippen molar-refractivity contribution in [3.05, 3.63) is 71.8 Å². The number of carboxylic acids is 1. The number of hydrogen-bond acceptors (Lipinski definition) is 8. The van der Waals surface area contributed by atoms with Crippen molar-refractivity contribution in [1.82, 2.24) is 0 Å². The van der Waals surface area contributed by atoms with Gasteiger partial charge in [-0.1, -0.05) is 49.7 Å². The molecular weight excluding hydrogens is 432 g/mol. The van der Waals surface area contributed by atoms with E-state index in [-0.39, 0.29) is 17.7 Å². The van der Waals surface area contributed by atoms with E-state index in [1.807, 2.05) is 6.92 Å². The molecule has 0 aromatic heterocycles. The topological polar surface area (TPSA) is 129 Å². The fraction of sp³-hybridized carbons (Fsp3) is 0.375. The largest absolute Gasteiger partial charge is 0.479 e. The minimum absolute atomic E-state index is 0.166. The zero-order valence-electron chi connectivity index (χ0n) is 18.0. The number of carbonyl (C=O) groups is 3. The Morgan fingerprint density at radius 3 is 1.85 bits per heavy atom. The van der Waals surface area contributed by atoms with Gasteiger partial charge in [0.05, 0.1) is 11.1 Å². The minimum atomic E-state index is -1.81. The van der Waals surface area contributed by atoms with E-state index in [9.17, 15) is 24.6 Å². The van der Waals surface area contributed by atoms with Crippen molar-refractivity contribution in [2.24, 2.45) is 0 Å². The van der Waals surface area contributed by atoms with Crippen LogP contribution in [0.2, 0.25) is 0 Å². The summed E-state index contributed by atoms with van der Waals surface area (Å²) in [6.07, 6.45) is -6.34. The molecule has 0 saturated carbocycles. The van der Waals surface area contributed by atoms with E-state index in [0.29, 0.717) is 6.42 Å². The third-order valence-electron chi connectivity index (χ3n) is 5.07. The second-order valence-corrected chi connectivity index (χ2v) is 7.45. The highest BCUT2D eigenvalue weighted by Crippen LogP contribution is 2.29. The third-order valence-corrected chi connectivity index (χ3v) is 5.07. The van der Waals surface area contributed by atoms with E-state index in [2.05, 4.69) is 0 Å². The molecule has 1 fully saturated rings. The van der Waals surface area contributed by atoms with Crippen molar-refractivity contribution in [2.45, 2.75) is 50.5 Å². The fourth-order valence-electron chi connectivity index (χ4n) is 3.36. The number of hydrogen-bond donors (Lipinski definition) is 2. The van der Waals surface area contributed by atoms with Gasteiger partial charge < -0.3 is 29.2 Å². The molecule has 176 valence electrons. The first kappa shape index (κ1) is 24.4. The lowest BCUT2D eigenvalue weighted by Gasteiger charge is -2.42. The standard InChI is InChI=1S/C24H26O9/c1-2-3-14-30-17-18(31-22(27)15-10-6-4-7-11-15)19(21(25)26)32-24(29)20(17)33-23(28)16-12-8-5-9-13-16/h4-13,17-20,24,29H,2-3,14H2,1H3,(H,25,26). The number of carbonyl (C=O) groups excluding carboxylic acids is 2. The SMILES string of the molecule is CCCCOC1C(OC(=O)c2ccccc2)C(O)OC(C(=O)O)C1OC(=O)c1ccccc1. The van der Waals surface area contributed by atoms with Crippen LogP contribution in [0.15, 0.2) is 60.7 Å². The number of benzene rings is 2. The smallest absolute Gasteiger partial charge is 0.338 e. The molecule has 0 amide bonds. The van der Waals surface area contributed by atoms with Crippen LogP contribution in [0.25, 0.3) is 0 Å². The summed E-state index contributed by atoms with van der Waals surface area (Å²) in [5.74, 6) is -3.03. The summed E-state index contributed by atoms with van der Waals surface area (Å²) < 4.78 is 22.0. The van der Waals surface area contributed by atoms with E-state index < -0.39 is 48.6 Å². The summed E-state index contributed by atoms with van der Waals surface area (Å²) in [5, 5.41) is 20.2. The quantitative estimate of drug-likeness (QED) is 0.430. The molecule has 0 bridgehead atoms. The van der Waals surface area contributed by atoms with E-state index in [1.165, 1.54) is 24.3 Å². The van der Waals surface area contributed by atoms with E-state index in [1.54, 1.807) is 36.4 Å². The van der Waals surface area contributed by atoms with Crippen molar-refractivity contribution in [1.29, 1.82) is 0 Å². The number of carboxylic acid groups (broad SMARTS) is 1. The maximum atomic E-state index is 12.7. The fourth-order valence-corrected chi connectivity index (χ4v) is 3.36. The maximum Gasteiger partial charge on any atom is 0.338 e. The Morgan fingerprint density at radius 2 is 1.36 bits per heavy atom. The Morgan fingerprint density at radius 1 is 0.848 bits per heavy atom. The monoisotopic (exact) mass is 458 g/mol. The Bertz CT molecular complexity index is 931. The molecule has 0 radical (unpaired) electrons. The molecule has 5 atom stereocenters. The highest BCUT2D eigenvalue weighted by atomic mass is 16.7. The van der Waals surface area contributed by atoms with Gasteiger partial charge in [-0.15, -0.1) is 0 Å². The number of aliphatic hydroxyl groups excluding tert-OH is 1. The van der Waals surface area contributed by atoms with Crippen LogP contribution < -0.4 is 0 Å². The third kappa shape index (κ3) is 6.16. The van der Waals surface area contributed by atoms with Crippen molar-refractivity contribution in [3.8, 4) is 0 Å². The number of esters is 2. The summed E-state index contributed by atoms with van der Waals surface area (Å²) >= 11 is 0. The number of rotatable bonds is 9. The lowest BCUT2D eigenvalue weighted by Crippen LogP contribution is -2.63. The average Bonchev–Trinajstić information content (AvgIpc) is 2.83. The van der Waals surface area contributed by atoms with Crippen LogP contribution in [-0.2, 0) is 23.7 Å².